The van der Waals surface area contributed by atoms with Gasteiger partial charge in [0.25, 0.3) is 0 Å². The lowest BCUT2D eigenvalue weighted by atomic mass is 10.0. The zero-order valence-electron chi connectivity index (χ0n) is 8.25. The summed E-state index contributed by atoms with van der Waals surface area (Å²) < 4.78 is 0. The second kappa shape index (κ2) is 4.71. The Labute approximate surface area is 92.1 Å². The molecule has 0 radical (unpaired) electrons. The first kappa shape index (κ1) is 11.4. The van der Waals surface area contributed by atoms with Crippen molar-refractivity contribution in [2.24, 2.45) is 0 Å². The van der Waals surface area contributed by atoms with Crippen LogP contribution in [0.25, 0.3) is 0 Å². The van der Waals surface area contributed by atoms with E-state index in [2.05, 4.69) is 15.9 Å². The van der Waals surface area contributed by atoms with E-state index in [4.69, 9.17) is 5.11 Å². The summed E-state index contributed by atoms with van der Waals surface area (Å²) in [5.74, 6) is 0.0535. The van der Waals surface area contributed by atoms with Crippen molar-refractivity contribution in [1.29, 1.82) is 0 Å². The minimum absolute atomic E-state index is 0.0305. The molecule has 2 nitrogen and oxygen atoms in total. The van der Waals surface area contributed by atoms with E-state index in [1.54, 1.807) is 13.0 Å². The Hall–Kier alpha value is -0.670. The van der Waals surface area contributed by atoms with Crippen molar-refractivity contribution < 1.29 is 9.90 Å². The number of aryl methyl sites for hydroxylation is 1. The zero-order chi connectivity index (χ0) is 10.7. The Bertz CT molecular complexity index is 345. The maximum atomic E-state index is 11.7. The predicted molar refractivity (Wildman–Crippen MR) is 59.8 cm³/mol. The van der Waals surface area contributed by atoms with Crippen LogP contribution in [0.2, 0.25) is 0 Å². The summed E-state index contributed by atoms with van der Waals surface area (Å²) in [7, 11) is 0. The standard InChI is InChI=1S/C11H13BrO2/c1-7-3-4-9(6-13)5-10(7)11(14)8(2)12/h3-5,8,13H,6H2,1-2H3. The molecule has 0 fully saturated rings. The molecule has 0 heterocycles. The topological polar surface area (TPSA) is 37.3 Å². The number of hydrogen-bond acceptors (Lipinski definition) is 2. The molecule has 0 saturated carbocycles. The molecule has 1 aromatic rings. The van der Waals surface area contributed by atoms with Gasteiger partial charge in [-0.05, 0) is 31.0 Å². The van der Waals surface area contributed by atoms with Crippen LogP contribution in [0.3, 0.4) is 0 Å². The molecule has 14 heavy (non-hydrogen) atoms. The predicted octanol–water partition coefficient (Wildman–Crippen LogP) is 2.45. The van der Waals surface area contributed by atoms with Crippen LogP contribution in [0.5, 0.6) is 0 Å². The molecule has 1 aromatic carbocycles. The van der Waals surface area contributed by atoms with E-state index in [9.17, 15) is 4.79 Å². The highest BCUT2D eigenvalue weighted by Gasteiger charge is 2.14. The molecule has 0 aliphatic carbocycles. The fourth-order valence-electron chi connectivity index (χ4n) is 1.25. The molecule has 0 aliphatic heterocycles. The van der Waals surface area contributed by atoms with Gasteiger partial charge in [0.2, 0.25) is 0 Å². The van der Waals surface area contributed by atoms with Crippen LogP contribution < -0.4 is 0 Å². The van der Waals surface area contributed by atoms with Gasteiger partial charge in [0, 0.05) is 5.56 Å². The van der Waals surface area contributed by atoms with Gasteiger partial charge in [-0.2, -0.15) is 0 Å². The minimum Gasteiger partial charge on any atom is -0.392 e. The second-order valence-electron chi connectivity index (χ2n) is 3.29. The van der Waals surface area contributed by atoms with Gasteiger partial charge in [0.15, 0.2) is 5.78 Å². The lowest BCUT2D eigenvalue weighted by molar-refractivity contribution is 0.0995. The van der Waals surface area contributed by atoms with Gasteiger partial charge in [0.1, 0.15) is 0 Å². The number of halogens is 1. The molecule has 0 saturated heterocycles. The molecule has 1 atom stereocenters. The van der Waals surface area contributed by atoms with E-state index in [1.807, 2.05) is 19.1 Å². The average molecular weight is 257 g/mol. The van der Waals surface area contributed by atoms with Crippen LogP contribution in [-0.4, -0.2) is 15.7 Å². The summed E-state index contributed by atoms with van der Waals surface area (Å²) in [6.45, 7) is 3.66. The van der Waals surface area contributed by atoms with E-state index in [0.717, 1.165) is 11.1 Å². The van der Waals surface area contributed by atoms with Crippen LogP contribution in [0, 0.1) is 6.92 Å². The summed E-state index contributed by atoms with van der Waals surface area (Å²) in [5, 5.41) is 8.95. The molecule has 1 unspecified atom stereocenters. The van der Waals surface area contributed by atoms with E-state index in [-0.39, 0.29) is 17.2 Å². The van der Waals surface area contributed by atoms with Crippen LogP contribution >= 0.6 is 15.9 Å². The van der Waals surface area contributed by atoms with E-state index in [1.165, 1.54) is 0 Å². The molecule has 76 valence electrons. The van der Waals surface area contributed by atoms with Crippen molar-refractivity contribution in [1.82, 2.24) is 0 Å². The summed E-state index contributed by atoms with van der Waals surface area (Å²) in [4.78, 5) is 11.5. The van der Waals surface area contributed by atoms with Crippen molar-refractivity contribution in [3.8, 4) is 0 Å². The number of aliphatic hydroxyl groups is 1. The van der Waals surface area contributed by atoms with E-state index < -0.39 is 0 Å². The molecule has 1 N–H and O–H groups in total. The number of Topliss-reactive ketones (excluding diaryl/α,β-unsaturated/α-hetero) is 1. The van der Waals surface area contributed by atoms with Crippen LogP contribution in [0.4, 0.5) is 0 Å². The smallest absolute Gasteiger partial charge is 0.176 e. The van der Waals surface area contributed by atoms with Crippen molar-refractivity contribution in [3.63, 3.8) is 0 Å². The zero-order valence-corrected chi connectivity index (χ0v) is 9.84. The summed E-state index contributed by atoms with van der Waals surface area (Å²) in [5.41, 5.74) is 2.39. The molecular formula is C11H13BrO2. The fourth-order valence-corrected chi connectivity index (χ4v) is 1.49. The molecule has 0 amide bonds. The Kier molecular flexibility index (Phi) is 3.84. The molecule has 3 heteroatoms. The van der Waals surface area contributed by atoms with Crippen LogP contribution in [0.1, 0.15) is 28.4 Å². The average Bonchev–Trinajstić information content (AvgIpc) is 2.17. The number of alkyl halides is 1. The molecular weight excluding hydrogens is 244 g/mol. The van der Waals surface area contributed by atoms with Gasteiger partial charge in [-0.3, -0.25) is 4.79 Å². The quantitative estimate of drug-likeness (QED) is 0.667. The highest BCUT2D eigenvalue weighted by atomic mass is 79.9. The molecule has 0 aromatic heterocycles. The normalized spacial score (nSPS) is 12.6. The maximum absolute atomic E-state index is 11.7. The van der Waals surface area contributed by atoms with Crippen molar-refractivity contribution in [3.05, 3.63) is 34.9 Å². The minimum atomic E-state index is -0.185. The largest absolute Gasteiger partial charge is 0.392 e. The summed E-state index contributed by atoms with van der Waals surface area (Å²) in [6, 6.07) is 5.43. The molecule has 1 rings (SSSR count). The third kappa shape index (κ3) is 2.42. The summed E-state index contributed by atoms with van der Waals surface area (Å²) >= 11 is 3.25. The summed E-state index contributed by atoms with van der Waals surface area (Å²) in [6.07, 6.45) is 0. The van der Waals surface area contributed by atoms with Gasteiger partial charge in [0.05, 0.1) is 11.4 Å². The number of ketones is 1. The van der Waals surface area contributed by atoms with Crippen LogP contribution in [0.15, 0.2) is 18.2 Å². The maximum Gasteiger partial charge on any atom is 0.176 e. The number of carbonyl (C=O) groups is 1. The second-order valence-corrected chi connectivity index (χ2v) is 4.66. The SMILES string of the molecule is Cc1ccc(CO)cc1C(=O)C(C)Br. The first-order valence-corrected chi connectivity index (χ1v) is 5.36. The van der Waals surface area contributed by atoms with Crippen molar-refractivity contribution >= 4 is 21.7 Å². The molecule has 0 spiro atoms. The first-order chi connectivity index (χ1) is 6.56. The van der Waals surface area contributed by atoms with Crippen molar-refractivity contribution in [2.45, 2.75) is 25.3 Å². The Morgan fingerprint density at radius 2 is 2.21 bits per heavy atom. The lowest BCUT2D eigenvalue weighted by Gasteiger charge is -2.08. The third-order valence-electron chi connectivity index (χ3n) is 2.11. The number of rotatable bonds is 3. The number of aliphatic hydroxyl groups excluding tert-OH is 1. The van der Waals surface area contributed by atoms with Gasteiger partial charge < -0.3 is 5.11 Å². The van der Waals surface area contributed by atoms with Crippen LogP contribution in [-0.2, 0) is 6.61 Å². The monoisotopic (exact) mass is 256 g/mol. The fraction of sp³-hybridized carbons (Fsp3) is 0.364. The third-order valence-corrected chi connectivity index (χ3v) is 2.53. The Balaban J connectivity index is 3.12. The number of hydrogen-bond donors (Lipinski definition) is 1. The highest BCUT2D eigenvalue weighted by molar-refractivity contribution is 9.10. The Morgan fingerprint density at radius 1 is 1.57 bits per heavy atom. The molecule has 0 aliphatic rings. The number of benzene rings is 1. The number of carbonyl (C=O) groups excluding carboxylic acids is 1. The van der Waals surface area contributed by atoms with Gasteiger partial charge >= 0.3 is 0 Å². The Morgan fingerprint density at radius 3 is 2.71 bits per heavy atom. The van der Waals surface area contributed by atoms with Gasteiger partial charge in [-0.1, -0.05) is 28.1 Å². The van der Waals surface area contributed by atoms with Gasteiger partial charge in [-0.25, -0.2) is 0 Å². The van der Waals surface area contributed by atoms with Crippen molar-refractivity contribution in [2.75, 3.05) is 0 Å². The first-order valence-electron chi connectivity index (χ1n) is 4.45. The highest BCUT2D eigenvalue weighted by Crippen LogP contribution is 2.16. The van der Waals surface area contributed by atoms with E-state index in [0.29, 0.717) is 5.56 Å². The lowest BCUT2D eigenvalue weighted by Crippen LogP contribution is -2.12. The molecule has 0 bridgehead atoms. The van der Waals surface area contributed by atoms with E-state index >= 15 is 0 Å². The van der Waals surface area contributed by atoms with Gasteiger partial charge in [-0.15, -0.1) is 0 Å².